The van der Waals surface area contributed by atoms with E-state index in [1.165, 1.54) is 5.56 Å². The number of anilines is 1. The molecular formula is C11H15BrN2O. The number of carbonyl (C=O) groups excluding carboxylic acids is 1. The molecule has 0 amide bonds. The molecule has 0 radical (unpaired) electrons. The fourth-order valence-corrected chi connectivity index (χ4v) is 1.81. The van der Waals surface area contributed by atoms with E-state index >= 15 is 0 Å². The van der Waals surface area contributed by atoms with Crippen LogP contribution in [0.1, 0.15) is 12.0 Å². The minimum atomic E-state index is -0.367. The van der Waals surface area contributed by atoms with Gasteiger partial charge < -0.3 is 15.8 Å². The fraction of sp³-hybridized carbons (Fsp3) is 0.364. The number of rotatable bonds is 5. The van der Waals surface area contributed by atoms with Crippen LogP contribution in [0, 0.1) is 0 Å². The lowest BCUT2D eigenvalue weighted by Gasteiger charge is -2.10. The molecule has 0 spiro atoms. The largest absolute Gasteiger partial charge is 0.388 e. The van der Waals surface area contributed by atoms with Gasteiger partial charge in [0.2, 0.25) is 0 Å². The van der Waals surface area contributed by atoms with E-state index in [1.54, 1.807) is 0 Å². The first-order valence-corrected chi connectivity index (χ1v) is 5.63. The number of aryl methyl sites for hydroxylation is 1. The van der Waals surface area contributed by atoms with Gasteiger partial charge in [0, 0.05) is 17.2 Å². The van der Waals surface area contributed by atoms with E-state index < -0.39 is 0 Å². The lowest BCUT2D eigenvalue weighted by molar-refractivity contribution is -0.109. The van der Waals surface area contributed by atoms with E-state index in [2.05, 4.69) is 21.2 Å². The Morgan fingerprint density at radius 2 is 2.33 bits per heavy atom. The van der Waals surface area contributed by atoms with Gasteiger partial charge in [-0.2, -0.15) is 0 Å². The zero-order valence-electron chi connectivity index (χ0n) is 8.66. The van der Waals surface area contributed by atoms with Crippen molar-refractivity contribution in [3.05, 3.63) is 28.2 Å². The van der Waals surface area contributed by atoms with E-state index in [-0.39, 0.29) is 6.04 Å². The van der Waals surface area contributed by atoms with Crippen molar-refractivity contribution in [2.75, 3.05) is 12.4 Å². The molecule has 0 aliphatic heterocycles. The van der Waals surface area contributed by atoms with Crippen molar-refractivity contribution in [2.24, 2.45) is 5.73 Å². The first-order valence-electron chi connectivity index (χ1n) is 4.84. The highest BCUT2D eigenvalue weighted by molar-refractivity contribution is 9.10. The SMILES string of the molecule is CNc1ccc(Br)cc1CCC(N)C=O. The quantitative estimate of drug-likeness (QED) is 0.805. The number of nitrogens with two attached hydrogens (primary N) is 1. The Morgan fingerprint density at radius 3 is 2.93 bits per heavy atom. The molecule has 0 aliphatic carbocycles. The molecule has 0 saturated heterocycles. The number of benzene rings is 1. The lowest BCUT2D eigenvalue weighted by Crippen LogP contribution is -2.22. The summed E-state index contributed by atoms with van der Waals surface area (Å²) in [7, 11) is 1.88. The van der Waals surface area contributed by atoms with Gasteiger partial charge in [0.05, 0.1) is 6.04 Å². The van der Waals surface area contributed by atoms with Gasteiger partial charge in [0.25, 0.3) is 0 Å². The molecule has 4 heteroatoms. The average Bonchev–Trinajstić information content (AvgIpc) is 2.26. The molecule has 15 heavy (non-hydrogen) atoms. The van der Waals surface area contributed by atoms with Gasteiger partial charge in [-0.3, -0.25) is 0 Å². The third-order valence-electron chi connectivity index (χ3n) is 2.26. The predicted octanol–water partition coefficient (Wildman–Crippen LogP) is 1.95. The van der Waals surface area contributed by atoms with Crippen LogP contribution < -0.4 is 11.1 Å². The highest BCUT2D eigenvalue weighted by atomic mass is 79.9. The monoisotopic (exact) mass is 270 g/mol. The summed E-state index contributed by atoms with van der Waals surface area (Å²) < 4.78 is 1.04. The van der Waals surface area contributed by atoms with Crippen LogP contribution in [0.15, 0.2) is 22.7 Å². The highest BCUT2D eigenvalue weighted by Gasteiger charge is 2.05. The van der Waals surface area contributed by atoms with Crippen LogP contribution in [0.25, 0.3) is 0 Å². The maximum Gasteiger partial charge on any atom is 0.136 e. The zero-order valence-corrected chi connectivity index (χ0v) is 10.3. The molecule has 3 nitrogen and oxygen atoms in total. The summed E-state index contributed by atoms with van der Waals surface area (Å²) in [6.07, 6.45) is 2.27. The Morgan fingerprint density at radius 1 is 1.60 bits per heavy atom. The fourth-order valence-electron chi connectivity index (χ4n) is 1.40. The minimum absolute atomic E-state index is 0.367. The average molecular weight is 271 g/mol. The van der Waals surface area contributed by atoms with Crippen molar-refractivity contribution in [1.82, 2.24) is 0 Å². The first kappa shape index (κ1) is 12.2. The van der Waals surface area contributed by atoms with E-state index in [9.17, 15) is 4.79 Å². The summed E-state index contributed by atoms with van der Waals surface area (Å²) in [5.74, 6) is 0. The number of nitrogens with one attached hydrogen (secondary N) is 1. The number of aldehydes is 1. The Bertz CT molecular complexity index is 341. The van der Waals surface area contributed by atoms with Gasteiger partial charge in [-0.1, -0.05) is 15.9 Å². The lowest BCUT2D eigenvalue weighted by atomic mass is 10.0. The summed E-state index contributed by atoms with van der Waals surface area (Å²) in [5.41, 5.74) is 7.80. The van der Waals surface area contributed by atoms with E-state index in [0.717, 1.165) is 22.9 Å². The van der Waals surface area contributed by atoms with Crippen molar-refractivity contribution in [3.63, 3.8) is 0 Å². The molecule has 0 aliphatic rings. The van der Waals surface area contributed by atoms with Crippen molar-refractivity contribution < 1.29 is 4.79 Å². The third kappa shape index (κ3) is 3.64. The second-order valence-electron chi connectivity index (χ2n) is 3.39. The van der Waals surface area contributed by atoms with E-state index in [4.69, 9.17) is 5.73 Å². The van der Waals surface area contributed by atoms with Crippen LogP contribution in [0.3, 0.4) is 0 Å². The Kier molecular flexibility index (Phi) is 4.78. The van der Waals surface area contributed by atoms with Crippen LogP contribution in [0.2, 0.25) is 0 Å². The second-order valence-corrected chi connectivity index (χ2v) is 4.31. The van der Waals surface area contributed by atoms with Crippen molar-refractivity contribution in [1.29, 1.82) is 0 Å². The topological polar surface area (TPSA) is 55.1 Å². The van der Waals surface area contributed by atoms with Gasteiger partial charge >= 0.3 is 0 Å². The van der Waals surface area contributed by atoms with Crippen molar-refractivity contribution >= 4 is 27.9 Å². The molecule has 1 aromatic carbocycles. The molecule has 0 bridgehead atoms. The maximum absolute atomic E-state index is 10.4. The minimum Gasteiger partial charge on any atom is -0.388 e. The Balaban J connectivity index is 2.73. The van der Waals surface area contributed by atoms with Gasteiger partial charge in [-0.15, -0.1) is 0 Å². The molecule has 0 aromatic heterocycles. The molecule has 1 aromatic rings. The van der Waals surface area contributed by atoms with Crippen molar-refractivity contribution in [3.8, 4) is 0 Å². The Hall–Kier alpha value is -0.870. The number of hydrogen-bond acceptors (Lipinski definition) is 3. The molecule has 1 atom stereocenters. The number of halogens is 1. The molecule has 82 valence electrons. The number of carbonyl (C=O) groups is 1. The Labute approximate surface area is 98.2 Å². The van der Waals surface area contributed by atoms with Crippen molar-refractivity contribution in [2.45, 2.75) is 18.9 Å². The summed E-state index contributed by atoms with van der Waals surface area (Å²) in [5, 5.41) is 3.11. The van der Waals surface area contributed by atoms with Gasteiger partial charge in [-0.05, 0) is 36.6 Å². The summed E-state index contributed by atoms with van der Waals surface area (Å²) in [4.78, 5) is 10.4. The molecule has 0 heterocycles. The van der Waals surface area contributed by atoms with Crippen LogP contribution in [0.5, 0.6) is 0 Å². The zero-order chi connectivity index (χ0) is 11.3. The van der Waals surface area contributed by atoms with Gasteiger partial charge in [-0.25, -0.2) is 0 Å². The van der Waals surface area contributed by atoms with E-state index in [0.29, 0.717) is 6.42 Å². The second kappa shape index (κ2) is 5.88. The molecule has 0 saturated carbocycles. The molecule has 1 rings (SSSR count). The van der Waals surface area contributed by atoms with Crippen LogP contribution in [-0.4, -0.2) is 19.4 Å². The van der Waals surface area contributed by atoms with Crippen LogP contribution in [-0.2, 0) is 11.2 Å². The van der Waals surface area contributed by atoms with Crippen LogP contribution in [0.4, 0.5) is 5.69 Å². The van der Waals surface area contributed by atoms with Gasteiger partial charge in [0.15, 0.2) is 0 Å². The molecule has 3 N–H and O–H groups in total. The first-order chi connectivity index (χ1) is 7.17. The third-order valence-corrected chi connectivity index (χ3v) is 2.75. The molecular weight excluding hydrogens is 256 g/mol. The highest BCUT2D eigenvalue weighted by Crippen LogP contribution is 2.22. The summed E-state index contributed by atoms with van der Waals surface area (Å²) >= 11 is 3.42. The van der Waals surface area contributed by atoms with Crippen LogP contribution >= 0.6 is 15.9 Å². The smallest absolute Gasteiger partial charge is 0.136 e. The molecule has 0 fully saturated rings. The summed E-state index contributed by atoms with van der Waals surface area (Å²) in [6, 6.07) is 5.66. The standard InChI is InChI=1S/C11H15BrN2O/c1-14-11-5-3-9(12)6-8(11)2-4-10(13)7-15/h3,5-7,10,14H,2,4,13H2,1H3. The number of hydrogen-bond donors (Lipinski definition) is 2. The normalized spacial score (nSPS) is 12.2. The van der Waals surface area contributed by atoms with Gasteiger partial charge in [0.1, 0.15) is 6.29 Å². The molecule has 1 unspecified atom stereocenters. The van der Waals surface area contributed by atoms with E-state index in [1.807, 2.05) is 25.2 Å². The summed E-state index contributed by atoms with van der Waals surface area (Å²) in [6.45, 7) is 0. The maximum atomic E-state index is 10.4. The predicted molar refractivity (Wildman–Crippen MR) is 66.0 cm³/mol.